The number of thioether (sulfide) groups is 1. The number of hydrogen-bond acceptors (Lipinski definition) is 3. The van der Waals surface area contributed by atoms with E-state index in [1.54, 1.807) is 0 Å². The molecule has 0 amide bonds. The van der Waals surface area contributed by atoms with E-state index in [0.29, 0.717) is 6.42 Å². The lowest BCUT2D eigenvalue weighted by Crippen LogP contribution is -2.35. The molecule has 2 rings (SSSR count). The second-order valence-electron chi connectivity index (χ2n) is 5.18. The van der Waals surface area contributed by atoms with E-state index in [1.165, 1.54) is 11.1 Å². The Hall–Kier alpha value is -1.76. The Morgan fingerprint density at radius 1 is 1.10 bits per heavy atom. The van der Waals surface area contributed by atoms with Crippen LogP contribution in [-0.4, -0.2) is 5.75 Å². The molecular weight excluding hydrogens is 276 g/mol. The summed E-state index contributed by atoms with van der Waals surface area (Å²) in [6.07, 6.45) is 0.657. The van der Waals surface area contributed by atoms with Crippen molar-refractivity contribution in [3.8, 4) is 6.07 Å². The molecule has 0 heterocycles. The molecule has 0 bridgehead atoms. The Bertz CT molecular complexity index is 619. The molecule has 3 heteroatoms. The van der Waals surface area contributed by atoms with E-state index in [2.05, 4.69) is 37.3 Å². The predicted octanol–water partition coefficient (Wildman–Crippen LogP) is 4.00. The lowest BCUT2D eigenvalue weighted by molar-refractivity contribution is 0.560. The van der Waals surface area contributed by atoms with Gasteiger partial charge in [0.05, 0.1) is 6.07 Å². The van der Waals surface area contributed by atoms with Crippen molar-refractivity contribution in [2.24, 2.45) is 5.73 Å². The molecule has 0 aliphatic rings. The van der Waals surface area contributed by atoms with Crippen molar-refractivity contribution in [3.63, 3.8) is 0 Å². The highest BCUT2D eigenvalue weighted by Crippen LogP contribution is 2.25. The Balaban J connectivity index is 1.90. The molecule has 2 N–H and O–H groups in total. The van der Waals surface area contributed by atoms with Gasteiger partial charge in [-0.05, 0) is 35.8 Å². The second kappa shape index (κ2) is 7.31. The molecule has 0 spiro atoms. The third-order valence-corrected chi connectivity index (χ3v) is 4.66. The average molecular weight is 296 g/mol. The minimum Gasteiger partial charge on any atom is -0.310 e. The van der Waals surface area contributed by atoms with Crippen LogP contribution in [0.15, 0.2) is 54.6 Å². The number of rotatable bonds is 6. The van der Waals surface area contributed by atoms with Crippen molar-refractivity contribution in [3.05, 3.63) is 71.3 Å². The molecule has 0 saturated carbocycles. The second-order valence-corrected chi connectivity index (χ2v) is 6.28. The maximum atomic E-state index is 9.41. The largest absolute Gasteiger partial charge is 0.310 e. The first-order valence-electron chi connectivity index (χ1n) is 7.03. The third kappa shape index (κ3) is 4.10. The molecule has 21 heavy (non-hydrogen) atoms. The van der Waals surface area contributed by atoms with Crippen LogP contribution in [0.25, 0.3) is 0 Å². The first-order valence-corrected chi connectivity index (χ1v) is 8.19. The van der Waals surface area contributed by atoms with Gasteiger partial charge in [-0.1, -0.05) is 54.6 Å². The molecule has 0 aromatic heterocycles. The zero-order valence-corrected chi connectivity index (χ0v) is 13.1. The van der Waals surface area contributed by atoms with Crippen LogP contribution in [0.3, 0.4) is 0 Å². The van der Waals surface area contributed by atoms with Crippen LogP contribution >= 0.6 is 11.8 Å². The highest BCUT2D eigenvalue weighted by Gasteiger charge is 2.26. The standard InChI is InChI=1S/C18H20N2S/c1-15-7-5-6-8-16(15)13-21-12-11-18(20,14-19)17-9-3-2-4-10-17/h2-10H,11-13,20H2,1H3. The van der Waals surface area contributed by atoms with Crippen molar-refractivity contribution >= 4 is 11.8 Å². The monoisotopic (exact) mass is 296 g/mol. The van der Waals surface area contributed by atoms with Gasteiger partial charge in [0.15, 0.2) is 0 Å². The minimum absolute atomic E-state index is 0.657. The Kier molecular flexibility index (Phi) is 5.44. The van der Waals surface area contributed by atoms with Crippen LogP contribution in [0.4, 0.5) is 0 Å². The molecule has 2 aromatic carbocycles. The smallest absolute Gasteiger partial charge is 0.130 e. The maximum Gasteiger partial charge on any atom is 0.130 e. The number of nitrogens with two attached hydrogens (primary N) is 1. The van der Waals surface area contributed by atoms with E-state index >= 15 is 0 Å². The van der Waals surface area contributed by atoms with Crippen molar-refractivity contribution in [2.75, 3.05) is 5.75 Å². The maximum absolute atomic E-state index is 9.41. The van der Waals surface area contributed by atoms with E-state index in [4.69, 9.17) is 5.73 Å². The van der Waals surface area contributed by atoms with Crippen LogP contribution in [0.2, 0.25) is 0 Å². The first-order chi connectivity index (χ1) is 10.2. The molecular formula is C18H20N2S. The highest BCUT2D eigenvalue weighted by atomic mass is 32.2. The van der Waals surface area contributed by atoms with Crippen molar-refractivity contribution in [1.82, 2.24) is 0 Å². The van der Waals surface area contributed by atoms with Crippen LogP contribution in [-0.2, 0) is 11.3 Å². The molecule has 0 radical (unpaired) electrons. The van der Waals surface area contributed by atoms with Gasteiger partial charge in [0, 0.05) is 5.75 Å². The zero-order valence-electron chi connectivity index (χ0n) is 12.3. The summed E-state index contributed by atoms with van der Waals surface area (Å²) in [6.45, 7) is 2.13. The summed E-state index contributed by atoms with van der Waals surface area (Å²) < 4.78 is 0. The third-order valence-electron chi connectivity index (χ3n) is 3.65. The number of nitriles is 1. The van der Waals surface area contributed by atoms with Gasteiger partial charge in [0.2, 0.25) is 0 Å². The van der Waals surface area contributed by atoms with E-state index < -0.39 is 5.54 Å². The number of benzene rings is 2. The summed E-state index contributed by atoms with van der Waals surface area (Å²) >= 11 is 1.83. The summed E-state index contributed by atoms with van der Waals surface area (Å²) in [5.74, 6) is 1.83. The predicted molar refractivity (Wildman–Crippen MR) is 89.9 cm³/mol. The van der Waals surface area contributed by atoms with Crippen molar-refractivity contribution in [2.45, 2.75) is 24.6 Å². The Morgan fingerprint density at radius 2 is 1.76 bits per heavy atom. The van der Waals surface area contributed by atoms with Gasteiger partial charge < -0.3 is 5.73 Å². The lowest BCUT2D eigenvalue weighted by Gasteiger charge is -2.21. The molecule has 108 valence electrons. The van der Waals surface area contributed by atoms with Crippen LogP contribution in [0.1, 0.15) is 23.1 Å². The lowest BCUT2D eigenvalue weighted by atomic mass is 9.90. The summed E-state index contributed by atoms with van der Waals surface area (Å²) in [7, 11) is 0. The number of hydrogen-bond donors (Lipinski definition) is 1. The first kappa shape index (κ1) is 15.6. The van der Waals surface area contributed by atoms with Crippen LogP contribution in [0, 0.1) is 18.3 Å². The van der Waals surface area contributed by atoms with Gasteiger partial charge in [0.25, 0.3) is 0 Å². The molecule has 1 atom stereocenters. The van der Waals surface area contributed by atoms with Crippen molar-refractivity contribution < 1.29 is 0 Å². The minimum atomic E-state index is -0.889. The molecule has 0 aliphatic carbocycles. The van der Waals surface area contributed by atoms with Gasteiger partial charge in [-0.25, -0.2) is 0 Å². The molecule has 2 aromatic rings. The van der Waals surface area contributed by atoms with Crippen LogP contribution in [0.5, 0.6) is 0 Å². The van der Waals surface area contributed by atoms with E-state index in [9.17, 15) is 5.26 Å². The number of nitrogens with zero attached hydrogens (tertiary/aromatic N) is 1. The summed E-state index contributed by atoms with van der Waals surface area (Å²) in [6, 6.07) is 20.3. The molecule has 0 fully saturated rings. The fraction of sp³-hybridized carbons (Fsp3) is 0.278. The van der Waals surface area contributed by atoms with Gasteiger partial charge in [-0.15, -0.1) is 0 Å². The quantitative estimate of drug-likeness (QED) is 0.820. The van der Waals surface area contributed by atoms with E-state index in [0.717, 1.165) is 17.1 Å². The summed E-state index contributed by atoms with van der Waals surface area (Å²) in [5.41, 5.74) is 8.92. The van der Waals surface area contributed by atoms with Gasteiger partial charge in [-0.3, -0.25) is 0 Å². The molecule has 0 saturated heterocycles. The zero-order chi connectivity index (χ0) is 15.1. The number of aryl methyl sites for hydroxylation is 1. The Labute approximate surface area is 131 Å². The topological polar surface area (TPSA) is 49.8 Å². The van der Waals surface area contributed by atoms with Crippen LogP contribution < -0.4 is 5.73 Å². The van der Waals surface area contributed by atoms with E-state index in [1.807, 2.05) is 42.1 Å². The van der Waals surface area contributed by atoms with Crippen molar-refractivity contribution in [1.29, 1.82) is 5.26 Å². The fourth-order valence-electron chi connectivity index (χ4n) is 2.19. The average Bonchev–Trinajstić information content (AvgIpc) is 2.54. The highest BCUT2D eigenvalue weighted by molar-refractivity contribution is 7.98. The molecule has 2 nitrogen and oxygen atoms in total. The van der Waals surface area contributed by atoms with E-state index in [-0.39, 0.29) is 0 Å². The summed E-state index contributed by atoms with van der Waals surface area (Å²) in [5, 5.41) is 9.41. The van der Waals surface area contributed by atoms with Gasteiger partial charge in [-0.2, -0.15) is 17.0 Å². The normalized spacial score (nSPS) is 13.4. The SMILES string of the molecule is Cc1ccccc1CSCCC(N)(C#N)c1ccccc1. The van der Waals surface area contributed by atoms with Gasteiger partial charge >= 0.3 is 0 Å². The van der Waals surface area contributed by atoms with Gasteiger partial charge in [0.1, 0.15) is 5.54 Å². The summed E-state index contributed by atoms with van der Waals surface area (Å²) in [4.78, 5) is 0. The fourth-order valence-corrected chi connectivity index (χ4v) is 3.34. The Morgan fingerprint density at radius 3 is 2.43 bits per heavy atom. The molecule has 1 unspecified atom stereocenters. The molecule has 0 aliphatic heterocycles.